The predicted molar refractivity (Wildman–Crippen MR) is 79.5 cm³/mol. The second kappa shape index (κ2) is 8.23. The number of ether oxygens (including phenoxy) is 1. The van der Waals surface area contributed by atoms with Crippen LogP contribution in [0, 0.1) is 0 Å². The first kappa shape index (κ1) is 16.9. The van der Waals surface area contributed by atoms with Crippen LogP contribution in [0.3, 0.4) is 0 Å². The largest absolute Gasteiger partial charge is 0.491 e. The van der Waals surface area contributed by atoms with Gasteiger partial charge in [0.1, 0.15) is 12.4 Å². The highest BCUT2D eigenvalue weighted by molar-refractivity contribution is 5.96. The first-order valence-corrected chi connectivity index (χ1v) is 6.70. The normalized spacial score (nSPS) is 10.7. The van der Waals surface area contributed by atoms with Crippen molar-refractivity contribution in [1.82, 2.24) is 10.3 Å². The zero-order valence-electron chi connectivity index (χ0n) is 12.3. The van der Waals surface area contributed by atoms with E-state index in [9.17, 15) is 9.59 Å². The van der Waals surface area contributed by atoms with Crippen LogP contribution < -0.4 is 21.7 Å². The maximum Gasteiger partial charge on any atom is 0.268 e. The Bertz CT molecular complexity index is 491. The summed E-state index contributed by atoms with van der Waals surface area (Å²) in [6.07, 6.45) is 0. The smallest absolute Gasteiger partial charge is 0.268 e. The van der Waals surface area contributed by atoms with Gasteiger partial charge in [-0.05, 0) is 26.0 Å². The Balaban J connectivity index is 2.63. The molecule has 1 aromatic carbocycles. The monoisotopic (exact) mass is 294 g/mol. The van der Waals surface area contributed by atoms with Crippen LogP contribution in [0.15, 0.2) is 24.3 Å². The number of nitrogens with one attached hydrogen (secondary N) is 1. The molecule has 0 spiro atoms. The Morgan fingerprint density at radius 3 is 2.57 bits per heavy atom. The number of para-hydroxylation sites is 1. The minimum absolute atomic E-state index is 0.170. The first-order chi connectivity index (χ1) is 9.95. The van der Waals surface area contributed by atoms with Crippen molar-refractivity contribution in [2.24, 2.45) is 11.6 Å². The van der Waals surface area contributed by atoms with Crippen LogP contribution in [0.5, 0.6) is 5.75 Å². The number of nitrogens with two attached hydrogens (primary N) is 2. The topological polar surface area (TPSA) is 111 Å². The molecule has 0 unspecified atom stereocenters. The summed E-state index contributed by atoms with van der Waals surface area (Å²) in [6, 6.07) is 6.99. The average molecular weight is 294 g/mol. The van der Waals surface area contributed by atoms with Crippen LogP contribution in [0.1, 0.15) is 24.2 Å². The van der Waals surface area contributed by atoms with Crippen molar-refractivity contribution in [2.75, 3.05) is 19.7 Å². The van der Waals surface area contributed by atoms with Crippen LogP contribution in [-0.2, 0) is 4.79 Å². The molecule has 5 N–H and O–H groups in total. The molecule has 21 heavy (non-hydrogen) atoms. The summed E-state index contributed by atoms with van der Waals surface area (Å²) in [6.45, 7) is 4.98. The molecule has 0 heterocycles. The molecule has 2 amide bonds. The molecule has 0 saturated heterocycles. The predicted octanol–water partition coefficient (Wildman–Crippen LogP) is -0.135. The molecule has 0 aromatic heterocycles. The number of hydrazine groups is 1. The number of hydrogen-bond acceptors (Lipinski definition) is 5. The van der Waals surface area contributed by atoms with E-state index in [0.717, 1.165) is 0 Å². The number of hydrogen-bond donors (Lipinski definition) is 3. The summed E-state index contributed by atoms with van der Waals surface area (Å²) >= 11 is 0. The van der Waals surface area contributed by atoms with E-state index in [1.807, 2.05) is 18.7 Å². The van der Waals surface area contributed by atoms with Gasteiger partial charge >= 0.3 is 0 Å². The van der Waals surface area contributed by atoms with Crippen LogP contribution >= 0.6 is 0 Å². The molecule has 0 saturated carbocycles. The van der Waals surface area contributed by atoms with Gasteiger partial charge in [0.05, 0.1) is 12.1 Å². The van der Waals surface area contributed by atoms with Gasteiger partial charge in [-0.25, -0.2) is 5.84 Å². The van der Waals surface area contributed by atoms with Crippen LogP contribution in [0.25, 0.3) is 0 Å². The van der Waals surface area contributed by atoms with Crippen molar-refractivity contribution in [3.8, 4) is 5.75 Å². The maximum absolute atomic E-state index is 11.6. The zero-order chi connectivity index (χ0) is 15.8. The molecule has 7 nitrogen and oxygen atoms in total. The van der Waals surface area contributed by atoms with E-state index in [1.165, 1.54) is 0 Å². The Labute approximate surface area is 124 Å². The zero-order valence-corrected chi connectivity index (χ0v) is 12.3. The van der Waals surface area contributed by atoms with E-state index in [4.69, 9.17) is 16.3 Å². The number of nitrogens with zero attached hydrogens (tertiary/aromatic N) is 1. The van der Waals surface area contributed by atoms with Gasteiger partial charge in [0, 0.05) is 12.6 Å². The molecular weight excluding hydrogens is 272 g/mol. The van der Waals surface area contributed by atoms with Gasteiger partial charge in [-0.2, -0.15) is 0 Å². The van der Waals surface area contributed by atoms with Crippen molar-refractivity contribution in [1.29, 1.82) is 0 Å². The quantitative estimate of drug-likeness (QED) is 0.351. The Morgan fingerprint density at radius 2 is 2.00 bits per heavy atom. The minimum atomic E-state index is -0.413. The van der Waals surface area contributed by atoms with Crippen molar-refractivity contribution in [3.63, 3.8) is 0 Å². The third-order valence-electron chi connectivity index (χ3n) is 2.99. The molecule has 0 aliphatic carbocycles. The van der Waals surface area contributed by atoms with Crippen LogP contribution in [0.2, 0.25) is 0 Å². The van der Waals surface area contributed by atoms with Gasteiger partial charge < -0.3 is 10.5 Å². The fourth-order valence-corrected chi connectivity index (χ4v) is 1.85. The molecule has 0 bridgehead atoms. The lowest BCUT2D eigenvalue weighted by molar-refractivity contribution is -0.119. The molecular formula is C14H22N4O3. The number of nitrogen functional groups attached to an aromatic ring is 1. The van der Waals surface area contributed by atoms with Gasteiger partial charge in [0.15, 0.2) is 0 Å². The van der Waals surface area contributed by atoms with Gasteiger partial charge in [-0.1, -0.05) is 12.1 Å². The highest BCUT2D eigenvalue weighted by atomic mass is 16.5. The van der Waals surface area contributed by atoms with Crippen LogP contribution in [-0.4, -0.2) is 42.5 Å². The molecule has 0 aliphatic heterocycles. The van der Waals surface area contributed by atoms with Gasteiger partial charge in [0.2, 0.25) is 5.91 Å². The molecule has 0 fully saturated rings. The fourth-order valence-electron chi connectivity index (χ4n) is 1.85. The third kappa shape index (κ3) is 5.41. The summed E-state index contributed by atoms with van der Waals surface area (Å²) in [7, 11) is 0. The van der Waals surface area contributed by atoms with Crippen molar-refractivity contribution >= 4 is 11.8 Å². The Hall–Kier alpha value is -2.12. The minimum Gasteiger partial charge on any atom is -0.491 e. The molecule has 116 valence electrons. The standard InChI is InChI=1S/C14H22N4O3/c1-10(2)18(9-13(15)19)7-8-21-12-6-4-3-5-11(12)14(20)17-16/h3-6,10H,7-9,16H2,1-2H3,(H2,15,19)(H,17,20). The summed E-state index contributed by atoms with van der Waals surface area (Å²) < 4.78 is 5.61. The van der Waals surface area contributed by atoms with E-state index < -0.39 is 5.91 Å². The van der Waals surface area contributed by atoms with Crippen LogP contribution in [0.4, 0.5) is 0 Å². The maximum atomic E-state index is 11.6. The van der Waals surface area contributed by atoms with E-state index >= 15 is 0 Å². The SMILES string of the molecule is CC(C)N(CCOc1ccccc1C(=O)NN)CC(N)=O. The highest BCUT2D eigenvalue weighted by Gasteiger charge is 2.14. The lowest BCUT2D eigenvalue weighted by atomic mass is 10.2. The average Bonchev–Trinajstić information content (AvgIpc) is 2.45. The number of carbonyl (C=O) groups is 2. The fraction of sp³-hybridized carbons (Fsp3) is 0.429. The molecule has 1 aromatic rings. The van der Waals surface area contributed by atoms with Crippen molar-refractivity contribution < 1.29 is 14.3 Å². The highest BCUT2D eigenvalue weighted by Crippen LogP contribution is 2.17. The van der Waals surface area contributed by atoms with E-state index in [0.29, 0.717) is 24.5 Å². The lowest BCUT2D eigenvalue weighted by Gasteiger charge is -2.24. The van der Waals surface area contributed by atoms with E-state index in [1.54, 1.807) is 24.3 Å². The number of primary amides is 1. The second-order valence-electron chi connectivity index (χ2n) is 4.85. The third-order valence-corrected chi connectivity index (χ3v) is 2.99. The number of amides is 2. The van der Waals surface area contributed by atoms with Gasteiger partial charge in [-0.15, -0.1) is 0 Å². The molecule has 0 aliphatic rings. The summed E-state index contributed by atoms with van der Waals surface area (Å²) in [4.78, 5) is 24.5. The van der Waals surface area contributed by atoms with Crippen molar-refractivity contribution in [3.05, 3.63) is 29.8 Å². The molecule has 0 atom stereocenters. The molecule has 1 rings (SSSR count). The lowest BCUT2D eigenvalue weighted by Crippen LogP contribution is -2.40. The van der Waals surface area contributed by atoms with E-state index in [-0.39, 0.29) is 18.5 Å². The number of benzene rings is 1. The van der Waals surface area contributed by atoms with Crippen molar-refractivity contribution in [2.45, 2.75) is 19.9 Å². The number of rotatable bonds is 8. The van der Waals surface area contributed by atoms with Gasteiger partial charge in [-0.3, -0.25) is 19.9 Å². The summed E-state index contributed by atoms with van der Waals surface area (Å²) in [5, 5.41) is 0. The Morgan fingerprint density at radius 1 is 1.33 bits per heavy atom. The molecule has 7 heteroatoms. The number of carbonyl (C=O) groups excluding carboxylic acids is 2. The Kier molecular flexibility index (Phi) is 6.64. The summed E-state index contributed by atoms with van der Waals surface area (Å²) in [5.74, 6) is 4.78. The van der Waals surface area contributed by atoms with Gasteiger partial charge in [0.25, 0.3) is 5.91 Å². The second-order valence-corrected chi connectivity index (χ2v) is 4.85. The molecule has 0 radical (unpaired) electrons. The summed E-state index contributed by atoms with van der Waals surface area (Å²) in [5.41, 5.74) is 7.65. The van der Waals surface area contributed by atoms with E-state index in [2.05, 4.69) is 5.43 Å². The first-order valence-electron chi connectivity index (χ1n) is 6.70.